The number of anilines is 2. The summed E-state index contributed by atoms with van der Waals surface area (Å²) in [4.78, 5) is 13.2. The Bertz CT molecular complexity index is 419. The lowest BCUT2D eigenvalue weighted by Crippen LogP contribution is -2.04. The van der Waals surface area contributed by atoms with Crippen molar-refractivity contribution in [3.8, 4) is 0 Å². The second-order valence-electron chi connectivity index (χ2n) is 4.06. The molecule has 1 aromatic heterocycles. The van der Waals surface area contributed by atoms with Gasteiger partial charge in [-0.05, 0) is 19.6 Å². The molecule has 1 rings (SSSR count). The van der Waals surface area contributed by atoms with Gasteiger partial charge in [-0.25, -0.2) is 4.79 Å². The van der Waals surface area contributed by atoms with Crippen molar-refractivity contribution in [2.45, 2.75) is 38.0 Å². The van der Waals surface area contributed by atoms with Gasteiger partial charge in [0.1, 0.15) is 9.88 Å². The first kappa shape index (κ1) is 16.2. The van der Waals surface area contributed by atoms with Crippen molar-refractivity contribution in [3.05, 3.63) is 4.88 Å². The monoisotopic (exact) mass is 302 g/mol. The van der Waals surface area contributed by atoms with E-state index in [0.717, 1.165) is 22.9 Å². The maximum Gasteiger partial charge on any atom is 0.350 e. The van der Waals surface area contributed by atoms with Crippen molar-refractivity contribution < 1.29 is 9.53 Å². The van der Waals surface area contributed by atoms with E-state index in [1.54, 1.807) is 18.7 Å². The van der Waals surface area contributed by atoms with Gasteiger partial charge in [0.05, 0.1) is 17.2 Å². The van der Waals surface area contributed by atoms with E-state index >= 15 is 0 Å². The van der Waals surface area contributed by atoms with E-state index in [0.29, 0.717) is 17.2 Å². The second kappa shape index (κ2) is 8.32. The van der Waals surface area contributed by atoms with E-state index in [2.05, 4.69) is 12.2 Å². The second-order valence-corrected chi connectivity index (χ2v) is 5.90. The molecule has 108 valence electrons. The summed E-state index contributed by atoms with van der Waals surface area (Å²) in [6.45, 7) is 5.24. The molecule has 1 aromatic rings. The molecule has 0 amide bonds. The topological polar surface area (TPSA) is 64.3 Å². The molecule has 3 N–H and O–H groups in total. The molecule has 0 bridgehead atoms. The highest BCUT2D eigenvalue weighted by atomic mass is 32.2. The van der Waals surface area contributed by atoms with E-state index in [1.165, 1.54) is 24.2 Å². The van der Waals surface area contributed by atoms with Crippen LogP contribution in [0.2, 0.25) is 0 Å². The summed E-state index contributed by atoms with van der Waals surface area (Å²) in [5.74, 6) is -0.332. The van der Waals surface area contributed by atoms with Gasteiger partial charge in [0.15, 0.2) is 0 Å². The van der Waals surface area contributed by atoms with Crippen LogP contribution in [0.4, 0.5) is 10.7 Å². The minimum absolute atomic E-state index is 0.332. The largest absolute Gasteiger partial charge is 0.462 e. The number of ether oxygens (including phenoxy) is 1. The predicted molar refractivity (Wildman–Crippen MR) is 84.5 cm³/mol. The van der Waals surface area contributed by atoms with Crippen LogP contribution >= 0.6 is 23.1 Å². The lowest BCUT2D eigenvalue weighted by molar-refractivity contribution is 0.0533. The van der Waals surface area contributed by atoms with Crippen LogP contribution in [-0.4, -0.2) is 25.4 Å². The number of thioether (sulfide) groups is 1. The van der Waals surface area contributed by atoms with Gasteiger partial charge in [-0.2, -0.15) is 0 Å². The smallest absolute Gasteiger partial charge is 0.350 e. The van der Waals surface area contributed by atoms with Gasteiger partial charge in [-0.1, -0.05) is 19.8 Å². The molecule has 0 aliphatic heterocycles. The van der Waals surface area contributed by atoms with Gasteiger partial charge >= 0.3 is 5.97 Å². The summed E-state index contributed by atoms with van der Waals surface area (Å²) < 4.78 is 5.02. The zero-order valence-electron chi connectivity index (χ0n) is 11.7. The number of carbonyl (C=O) groups is 1. The molecule has 0 aromatic carbocycles. The van der Waals surface area contributed by atoms with Crippen LogP contribution < -0.4 is 11.1 Å². The summed E-state index contributed by atoms with van der Waals surface area (Å²) in [6.07, 6.45) is 5.48. The highest BCUT2D eigenvalue weighted by Gasteiger charge is 2.21. The lowest BCUT2D eigenvalue weighted by Gasteiger charge is -2.05. The van der Waals surface area contributed by atoms with E-state index in [1.807, 2.05) is 6.26 Å². The molecule has 6 heteroatoms. The quantitative estimate of drug-likeness (QED) is 0.434. The molecule has 0 atom stereocenters. The molecule has 0 saturated heterocycles. The summed E-state index contributed by atoms with van der Waals surface area (Å²) in [6, 6.07) is 0. The zero-order valence-corrected chi connectivity index (χ0v) is 13.4. The Morgan fingerprint density at radius 2 is 2.16 bits per heavy atom. The molecule has 0 aliphatic rings. The Labute approximate surface area is 123 Å². The van der Waals surface area contributed by atoms with Crippen LogP contribution in [0.1, 0.15) is 42.8 Å². The first-order chi connectivity index (χ1) is 9.15. The Morgan fingerprint density at radius 3 is 2.74 bits per heavy atom. The molecule has 1 heterocycles. The average Bonchev–Trinajstić information content (AvgIpc) is 2.71. The summed E-state index contributed by atoms with van der Waals surface area (Å²) in [5, 5.41) is 4.34. The summed E-state index contributed by atoms with van der Waals surface area (Å²) in [5.41, 5.74) is 6.56. The lowest BCUT2D eigenvalue weighted by atomic mass is 10.2. The fraction of sp³-hybridized carbons (Fsp3) is 0.615. The Hall–Kier alpha value is -0.880. The van der Waals surface area contributed by atoms with E-state index in [9.17, 15) is 4.79 Å². The first-order valence-corrected chi connectivity index (χ1v) is 8.57. The number of rotatable bonds is 8. The normalized spacial score (nSPS) is 10.5. The molecule has 0 unspecified atom stereocenters. The number of hydrogen-bond acceptors (Lipinski definition) is 6. The Kier molecular flexibility index (Phi) is 7.09. The summed E-state index contributed by atoms with van der Waals surface area (Å²) >= 11 is 2.94. The van der Waals surface area contributed by atoms with Crippen LogP contribution in [0.5, 0.6) is 0 Å². The third kappa shape index (κ3) is 4.31. The number of esters is 1. The molecule has 0 aliphatic carbocycles. The molecule has 19 heavy (non-hydrogen) atoms. The third-order valence-electron chi connectivity index (χ3n) is 2.63. The Morgan fingerprint density at radius 1 is 1.42 bits per heavy atom. The van der Waals surface area contributed by atoms with Crippen LogP contribution in [0.15, 0.2) is 4.90 Å². The van der Waals surface area contributed by atoms with Gasteiger partial charge in [0, 0.05) is 6.54 Å². The first-order valence-electron chi connectivity index (χ1n) is 6.52. The summed E-state index contributed by atoms with van der Waals surface area (Å²) in [7, 11) is 0. The predicted octanol–water partition coefficient (Wildman–Crippen LogP) is 3.83. The molecule has 0 radical (unpaired) electrons. The maximum atomic E-state index is 11.8. The number of nitrogen functional groups attached to an aromatic ring is 1. The van der Waals surface area contributed by atoms with Crippen LogP contribution in [0, 0.1) is 0 Å². The van der Waals surface area contributed by atoms with Gasteiger partial charge in [-0.3, -0.25) is 0 Å². The zero-order chi connectivity index (χ0) is 14.3. The van der Waals surface area contributed by atoms with Gasteiger partial charge in [0.2, 0.25) is 0 Å². The number of nitrogens with one attached hydrogen (secondary N) is 1. The minimum Gasteiger partial charge on any atom is -0.462 e. The van der Waals surface area contributed by atoms with Gasteiger partial charge < -0.3 is 15.8 Å². The van der Waals surface area contributed by atoms with E-state index in [4.69, 9.17) is 10.5 Å². The molecular weight excluding hydrogens is 280 g/mol. The fourth-order valence-corrected chi connectivity index (χ4v) is 3.63. The number of unbranched alkanes of at least 4 members (excludes halogenated alkanes) is 2. The SMILES string of the molecule is CCCCCNc1sc(C(=O)OCC)c(N)c1SC. The molecule has 0 fully saturated rings. The highest BCUT2D eigenvalue weighted by molar-refractivity contribution is 7.99. The molecule has 0 saturated carbocycles. The number of hydrogen-bond donors (Lipinski definition) is 2. The van der Waals surface area contributed by atoms with Crippen LogP contribution in [-0.2, 0) is 4.74 Å². The number of thiophene rings is 1. The highest BCUT2D eigenvalue weighted by Crippen LogP contribution is 2.41. The molecule has 0 spiro atoms. The fourth-order valence-electron chi connectivity index (χ4n) is 1.67. The van der Waals surface area contributed by atoms with Crippen molar-refractivity contribution >= 4 is 39.8 Å². The van der Waals surface area contributed by atoms with Gasteiger partial charge in [0.25, 0.3) is 0 Å². The maximum absolute atomic E-state index is 11.8. The van der Waals surface area contributed by atoms with Crippen molar-refractivity contribution in [1.29, 1.82) is 0 Å². The van der Waals surface area contributed by atoms with Crippen LogP contribution in [0.3, 0.4) is 0 Å². The number of nitrogens with two attached hydrogens (primary N) is 1. The van der Waals surface area contributed by atoms with Crippen LogP contribution in [0.25, 0.3) is 0 Å². The molecule has 4 nitrogen and oxygen atoms in total. The van der Waals surface area contributed by atoms with Crippen molar-refractivity contribution in [2.75, 3.05) is 30.5 Å². The minimum atomic E-state index is -0.332. The standard InChI is InChI=1S/C13H22N2O2S2/c1-4-6-7-8-15-12-10(18-3)9(14)11(19-12)13(16)17-5-2/h15H,4-8,14H2,1-3H3. The van der Waals surface area contributed by atoms with Crippen molar-refractivity contribution in [3.63, 3.8) is 0 Å². The average molecular weight is 302 g/mol. The molecular formula is C13H22N2O2S2. The Balaban J connectivity index is 2.80. The third-order valence-corrected chi connectivity index (χ3v) is 4.74. The van der Waals surface area contributed by atoms with E-state index < -0.39 is 0 Å². The van der Waals surface area contributed by atoms with Crippen molar-refractivity contribution in [1.82, 2.24) is 0 Å². The number of carbonyl (C=O) groups excluding carboxylic acids is 1. The van der Waals surface area contributed by atoms with Crippen molar-refractivity contribution in [2.24, 2.45) is 0 Å². The van der Waals surface area contributed by atoms with Gasteiger partial charge in [-0.15, -0.1) is 23.1 Å². The van der Waals surface area contributed by atoms with E-state index in [-0.39, 0.29) is 5.97 Å².